The van der Waals surface area contributed by atoms with E-state index in [0.29, 0.717) is 5.19 Å². The van der Waals surface area contributed by atoms with E-state index in [0.717, 1.165) is 5.56 Å². The maximum atomic E-state index is 11.6. The van der Waals surface area contributed by atoms with Crippen LogP contribution in [0.4, 0.5) is 0 Å². The number of rotatable bonds is 4. The van der Waals surface area contributed by atoms with E-state index in [4.69, 9.17) is 10.5 Å². The fourth-order valence-electron chi connectivity index (χ4n) is 1.40. The molecule has 2 aromatic rings. The number of hydrogen-bond acceptors (Lipinski definition) is 5. The molecule has 4 nitrogen and oxygen atoms in total. The molecule has 0 spiro atoms. The smallest absolute Gasteiger partial charge is 0.315 e. The first-order valence-electron chi connectivity index (χ1n) is 5.16. The van der Waals surface area contributed by atoms with Gasteiger partial charge in [-0.2, -0.15) is 0 Å². The maximum absolute atomic E-state index is 11.6. The van der Waals surface area contributed by atoms with Crippen LogP contribution in [0.25, 0.3) is 0 Å². The van der Waals surface area contributed by atoms with Gasteiger partial charge in [-0.3, -0.25) is 4.79 Å². The third-order valence-corrected chi connectivity index (χ3v) is 2.87. The number of nitrogens with zero attached hydrogens (tertiary/aromatic N) is 1. The van der Waals surface area contributed by atoms with E-state index in [2.05, 4.69) is 4.98 Å². The van der Waals surface area contributed by atoms with Gasteiger partial charge < -0.3 is 10.5 Å². The molecule has 1 heterocycles. The van der Waals surface area contributed by atoms with Crippen LogP contribution in [0.5, 0.6) is 5.19 Å². The number of ether oxygens (including phenoxy) is 1. The Morgan fingerprint density at radius 3 is 2.82 bits per heavy atom. The molecule has 2 rings (SSSR count). The zero-order chi connectivity index (χ0) is 12.1. The minimum atomic E-state index is -0.365. The van der Waals surface area contributed by atoms with Gasteiger partial charge in [0.15, 0.2) is 0 Å². The molecular weight excluding hydrogens is 236 g/mol. The summed E-state index contributed by atoms with van der Waals surface area (Å²) in [6, 6.07) is 9.12. The summed E-state index contributed by atoms with van der Waals surface area (Å²) in [6.07, 6.45) is 1.73. The van der Waals surface area contributed by atoms with Gasteiger partial charge in [0.25, 0.3) is 5.19 Å². The van der Waals surface area contributed by atoms with Crippen LogP contribution in [0.15, 0.2) is 41.9 Å². The van der Waals surface area contributed by atoms with E-state index in [1.165, 1.54) is 11.3 Å². The predicted molar refractivity (Wildman–Crippen MR) is 65.7 cm³/mol. The lowest BCUT2D eigenvalue weighted by Crippen LogP contribution is -2.18. The van der Waals surface area contributed by atoms with Crippen molar-refractivity contribution in [2.45, 2.75) is 12.5 Å². The molecule has 1 unspecified atom stereocenters. The summed E-state index contributed by atoms with van der Waals surface area (Å²) < 4.78 is 5.03. The summed E-state index contributed by atoms with van der Waals surface area (Å²) >= 11 is 1.28. The highest BCUT2D eigenvalue weighted by Gasteiger charge is 2.13. The molecule has 1 atom stereocenters. The Morgan fingerprint density at radius 1 is 1.41 bits per heavy atom. The number of carbonyl (C=O) groups is 1. The molecule has 0 saturated carbocycles. The molecule has 0 saturated heterocycles. The summed E-state index contributed by atoms with van der Waals surface area (Å²) in [6.45, 7) is 0. The fraction of sp³-hybridized carbons (Fsp3) is 0.167. The SMILES string of the molecule is NC(CC(=O)Oc1nccs1)c1ccccc1. The molecule has 0 bridgehead atoms. The highest BCUT2D eigenvalue weighted by atomic mass is 32.1. The number of thiazole rings is 1. The Morgan fingerprint density at radius 2 is 2.18 bits per heavy atom. The van der Waals surface area contributed by atoms with Crippen LogP contribution < -0.4 is 10.5 Å². The molecule has 1 aromatic heterocycles. The summed E-state index contributed by atoms with van der Waals surface area (Å²) in [5.41, 5.74) is 6.83. The summed E-state index contributed by atoms with van der Waals surface area (Å²) in [4.78, 5) is 15.4. The Hall–Kier alpha value is -1.72. The van der Waals surface area contributed by atoms with Crippen LogP contribution in [0, 0.1) is 0 Å². The van der Waals surface area contributed by atoms with Crippen molar-refractivity contribution in [1.29, 1.82) is 0 Å². The monoisotopic (exact) mass is 248 g/mol. The molecule has 0 fully saturated rings. The van der Waals surface area contributed by atoms with Crippen LogP contribution >= 0.6 is 11.3 Å². The summed E-state index contributed by atoms with van der Waals surface area (Å²) in [5, 5.41) is 2.11. The van der Waals surface area contributed by atoms with Crippen molar-refractivity contribution < 1.29 is 9.53 Å². The lowest BCUT2D eigenvalue weighted by Gasteiger charge is -2.10. The number of esters is 1. The minimum Gasteiger partial charge on any atom is -0.398 e. The van der Waals surface area contributed by atoms with E-state index >= 15 is 0 Å². The second-order valence-corrected chi connectivity index (χ2v) is 4.35. The number of carbonyl (C=O) groups excluding carboxylic acids is 1. The first-order valence-corrected chi connectivity index (χ1v) is 6.04. The Bertz CT molecular complexity index is 471. The van der Waals surface area contributed by atoms with Gasteiger partial charge in [0, 0.05) is 17.6 Å². The molecule has 2 N–H and O–H groups in total. The summed E-state index contributed by atoms with van der Waals surface area (Å²) in [5.74, 6) is -0.365. The van der Waals surface area contributed by atoms with E-state index in [-0.39, 0.29) is 18.4 Å². The van der Waals surface area contributed by atoms with Gasteiger partial charge in [-0.15, -0.1) is 0 Å². The van der Waals surface area contributed by atoms with Crippen LogP contribution in [-0.2, 0) is 4.79 Å². The van der Waals surface area contributed by atoms with Gasteiger partial charge in [-0.25, -0.2) is 4.98 Å². The number of benzene rings is 1. The van der Waals surface area contributed by atoms with Crippen molar-refractivity contribution in [3.8, 4) is 5.19 Å². The molecular formula is C12H12N2O2S. The lowest BCUT2D eigenvalue weighted by molar-refractivity contribution is -0.134. The second-order valence-electron chi connectivity index (χ2n) is 3.49. The largest absolute Gasteiger partial charge is 0.398 e. The van der Waals surface area contributed by atoms with Gasteiger partial charge in [-0.05, 0) is 5.56 Å². The van der Waals surface area contributed by atoms with Crippen molar-refractivity contribution in [3.63, 3.8) is 0 Å². The fourth-order valence-corrected chi connectivity index (χ4v) is 1.90. The van der Waals surface area contributed by atoms with Crippen LogP contribution in [0.2, 0.25) is 0 Å². The van der Waals surface area contributed by atoms with E-state index < -0.39 is 0 Å². The zero-order valence-corrected chi connectivity index (χ0v) is 9.89. The predicted octanol–water partition coefficient (Wildman–Crippen LogP) is 2.14. The first kappa shape index (κ1) is 11.8. The van der Waals surface area contributed by atoms with Crippen molar-refractivity contribution in [1.82, 2.24) is 4.98 Å². The molecule has 0 radical (unpaired) electrons. The second kappa shape index (κ2) is 5.56. The Labute approximate surface area is 103 Å². The summed E-state index contributed by atoms with van der Waals surface area (Å²) in [7, 11) is 0. The van der Waals surface area contributed by atoms with Gasteiger partial charge >= 0.3 is 5.97 Å². The average Bonchev–Trinajstić information content (AvgIpc) is 2.82. The van der Waals surface area contributed by atoms with Gasteiger partial charge in [0.2, 0.25) is 0 Å². The third-order valence-electron chi connectivity index (χ3n) is 2.23. The molecule has 17 heavy (non-hydrogen) atoms. The molecule has 5 heteroatoms. The van der Waals surface area contributed by atoms with Crippen molar-refractivity contribution in [3.05, 3.63) is 47.5 Å². The molecule has 0 aliphatic carbocycles. The van der Waals surface area contributed by atoms with Crippen LogP contribution in [0.1, 0.15) is 18.0 Å². The first-order chi connectivity index (χ1) is 8.25. The number of nitrogens with two attached hydrogens (primary N) is 1. The Kier molecular flexibility index (Phi) is 3.85. The van der Waals surface area contributed by atoms with Crippen LogP contribution in [-0.4, -0.2) is 11.0 Å². The topological polar surface area (TPSA) is 65.2 Å². The number of aromatic nitrogens is 1. The molecule has 0 aliphatic rings. The maximum Gasteiger partial charge on any atom is 0.315 e. The number of hydrogen-bond donors (Lipinski definition) is 1. The van der Waals surface area contributed by atoms with E-state index in [9.17, 15) is 4.79 Å². The standard InChI is InChI=1S/C12H12N2O2S/c13-10(9-4-2-1-3-5-9)8-11(15)16-12-14-6-7-17-12/h1-7,10H,8,13H2. The normalized spacial score (nSPS) is 12.1. The van der Waals surface area contributed by atoms with Crippen molar-refractivity contribution >= 4 is 17.3 Å². The van der Waals surface area contributed by atoms with E-state index in [1.807, 2.05) is 30.3 Å². The van der Waals surface area contributed by atoms with Gasteiger partial charge in [0.1, 0.15) is 0 Å². The molecule has 1 aromatic carbocycles. The Balaban J connectivity index is 1.91. The molecule has 88 valence electrons. The highest BCUT2D eigenvalue weighted by Crippen LogP contribution is 2.17. The quantitative estimate of drug-likeness (QED) is 0.842. The molecule has 0 amide bonds. The third kappa shape index (κ3) is 3.37. The zero-order valence-electron chi connectivity index (χ0n) is 9.08. The van der Waals surface area contributed by atoms with Crippen molar-refractivity contribution in [2.24, 2.45) is 5.73 Å². The molecule has 0 aliphatic heterocycles. The average molecular weight is 248 g/mol. The highest BCUT2D eigenvalue weighted by molar-refractivity contribution is 7.11. The van der Waals surface area contributed by atoms with Crippen molar-refractivity contribution in [2.75, 3.05) is 0 Å². The van der Waals surface area contributed by atoms with Gasteiger partial charge in [-0.1, -0.05) is 41.7 Å². The lowest BCUT2D eigenvalue weighted by atomic mass is 10.1. The minimum absolute atomic E-state index is 0.142. The van der Waals surface area contributed by atoms with Gasteiger partial charge in [0.05, 0.1) is 6.42 Å². The van der Waals surface area contributed by atoms with E-state index in [1.54, 1.807) is 11.6 Å². The van der Waals surface area contributed by atoms with Crippen LogP contribution in [0.3, 0.4) is 0 Å².